The highest BCUT2D eigenvalue weighted by Crippen LogP contribution is 2.16. The van der Waals surface area contributed by atoms with Crippen molar-refractivity contribution in [3.63, 3.8) is 0 Å². The zero-order chi connectivity index (χ0) is 10.4. The molecule has 0 saturated carbocycles. The van der Waals surface area contributed by atoms with Crippen LogP contribution >= 0.6 is 0 Å². The highest BCUT2D eigenvalue weighted by molar-refractivity contribution is 5.15. The molecule has 14 heavy (non-hydrogen) atoms. The molecule has 4 N–H and O–H groups in total. The van der Waals surface area contributed by atoms with Gasteiger partial charge in [-0.2, -0.15) is 0 Å². The van der Waals surface area contributed by atoms with E-state index < -0.39 is 5.67 Å². The lowest BCUT2D eigenvalue weighted by molar-refractivity contribution is 0.170. The van der Waals surface area contributed by atoms with Gasteiger partial charge < -0.3 is 11.5 Å². The minimum absolute atomic E-state index is 0.00364. The van der Waals surface area contributed by atoms with Gasteiger partial charge in [0.1, 0.15) is 5.67 Å². The van der Waals surface area contributed by atoms with Crippen molar-refractivity contribution in [1.82, 2.24) is 0 Å². The smallest absolute Gasteiger partial charge is 0.135 e. The third kappa shape index (κ3) is 3.09. The van der Waals surface area contributed by atoms with Crippen LogP contribution in [0.5, 0.6) is 0 Å². The second-order valence-corrected chi connectivity index (χ2v) is 3.54. The molecule has 0 aromatic heterocycles. The van der Waals surface area contributed by atoms with E-state index in [9.17, 15) is 4.39 Å². The predicted octanol–water partition coefficient (Wildman–Crippen LogP) is 1.24. The van der Waals surface area contributed by atoms with Crippen LogP contribution in [0.2, 0.25) is 0 Å². The fraction of sp³-hybridized carbons (Fsp3) is 0.455. The molecule has 0 aliphatic rings. The highest BCUT2D eigenvalue weighted by Gasteiger charge is 2.25. The lowest BCUT2D eigenvalue weighted by atomic mass is 9.97. The van der Waals surface area contributed by atoms with Crippen LogP contribution in [0, 0.1) is 0 Å². The van der Waals surface area contributed by atoms with Gasteiger partial charge in [-0.05, 0) is 18.4 Å². The first-order valence-corrected chi connectivity index (χ1v) is 4.83. The van der Waals surface area contributed by atoms with Crippen LogP contribution in [0.3, 0.4) is 0 Å². The average molecular weight is 196 g/mol. The molecule has 2 nitrogen and oxygen atoms in total. The maximum absolute atomic E-state index is 13.7. The fourth-order valence-corrected chi connectivity index (χ4v) is 1.30. The van der Waals surface area contributed by atoms with Gasteiger partial charge in [0.15, 0.2) is 0 Å². The van der Waals surface area contributed by atoms with Crippen LogP contribution in [0.1, 0.15) is 12.0 Å². The Balaban J connectivity index is 2.48. The van der Waals surface area contributed by atoms with Gasteiger partial charge in [0.2, 0.25) is 0 Å². The fourth-order valence-electron chi connectivity index (χ4n) is 1.30. The molecule has 1 aromatic rings. The van der Waals surface area contributed by atoms with Crippen molar-refractivity contribution >= 4 is 0 Å². The van der Waals surface area contributed by atoms with Gasteiger partial charge in [0.25, 0.3) is 0 Å². The molecule has 0 unspecified atom stereocenters. The van der Waals surface area contributed by atoms with E-state index in [4.69, 9.17) is 11.5 Å². The number of rotatable bonds is 5. The second-order valence-electron chi connectivity index (χ2n) is 3.54. The SMILES string of the molecule is NCC(F)(CN)CCc1ccccc1. The molecule has 0 amide bonds. The highest BCUT2D eigenvalue weighted by atomic mass is 19.1. The van der Waals surface area contributed by atoms with Gasteiger partial charge >= 0.3 is 0 Å². The molecule has 0 fully saturated rings. The van der Waals surface area contributed by atoms with E-state index in [1.54, 1.807) is 0 Å². The summed E-state index contributed by atoms with van der Waals surface area (Å²) < 4.78 is 13.7. The van der Waals surface area contributed by atoms with Crippen LogP contribution in [-0.2, 0) is 6.42 Å². The van der Waals surface area contributed by atoms with Gasteiger partial charge in [-0.1, -0.05) is 30.3 Å². The Hall–Kier alpha value is -0.930. The lowest BCUT2D eigenvalue weighted by Crippen LogP contribution is -2.41. The Bertz CT molecular complexity index is 257. The zero-order valence-corrected chi connectivity index (χ0v) is 8.25. The van der Waals surface area contributed by atoms with Crippen LogP contribution in [0.25, 0.3) is 0 Å². The van der Waals surface area contributed by atoms with Gasteiger partial charge in [0, 0.05) is 13.1 Å². The van der Waals surface area contributed by atoms with E-state index in [0.717, 1.165) is 5.56 Å². The number of aryl methyl sites for hydroxylation is 1. The Labute approximate surface area is 84.1 Å². The molecule has 0 spiro atoms. The summed E-state index contributed by atoms with van der Waals surface area (Å²) in [5, 5.41) is 0. The minimum Gasteiger partial charge on any atom is -0.327 e. The van der Waals surface area contributed by atoms with E-state index in [2.05, 4.69) is 0 Å². The molecule has 78 valence electrons. The van der Waals surface area contributed by atoms with Gasteiger partial charge in [-0.25, -0.2) is 4.39 Å². The molecule has 0 saturated heterocycles. The van der Waals surface area contributed by atoms with Crippen molar-refractivity contribution < 1.29 is 4.39 Å². The monoisotopic (exact) mass is 196 g/mol. The maximum Gasteiger partial charge on any atom is 0.135 e. The summed E-state index contributed by atoms with van der Waals surface area (Å²) >= 11 is 0. The van der Waals surface area contributed by atoms with E-state index in [0.29, 0.717) is 12.8 Å². The molecular weight excluding hydrogens is 179 g/mol. The molecule has 1 aromatic carbocycles. The number of halogens is 1. The Morgan fingerprint density at radius 2 is 1.64 bits per heavy atom. The first-order valence-electron chi connectivity index (χ1n) is 4.83. The molecule has 0 aliphatic carbocycles. The number of hydrogen-bond acceptors (Lipinski definition) is 2. The first kappa shape index (κ1) is 11.1. The number of hydrogen-bond donors (Lipinski definition) is 2. The Morgan fingerprint density at radius 1 is 1.07 bits per heavy atom. The molecule has 0 radical (unpaired) electrons. The van der Waals surface area contributed by atoms with Gasteiger partial charge in [0.05, 0.1) is 0 Å². The Kier molecular flexibility index (Phi) is 4.04. The Morgan fingerprint density at radius 3 is 2.14 bits per heavy atom. The van der Waals surface area contributed by atoms with Crippen molar-refractivity contribution in [3.8, 4) is 0 Å². The van der Waals surface area contributed by atoms with Crippen molar-refractivity contribution in [2.24, 2.45) is 11.5 Å². The summed E-state index contributed by atoms with van der Waals surface area (Å²) in [5.74, 6) is 0. The zero-order valence-electron chi connectivity index (χ0n) is 8.25. The van der Waals surface area contributed by atoms with Crippen LogP contribution in [0.15, 0.2) is 30.3 Å². The largest absolute Gasteiger partial charge is 0.327 e. The van der Waals surface area contributed by atoms with Crippen molar-refractivity contribution in [1.29, 1.82) is 0 Å². The van der Waals surface area contributed by atoms with E-state index in [-0.39, 0.29) is 13.1 Å². The first-order chi connectivity index (χ1) is 6.70. The van der Waals surface area contributed by atoms with E-state index >= 15 is 0 Å². The molecule has 3 heteroatoms. The van der Waals surface area contributed by atoms with E-state index in [1.165, 1.54) is 0 Å². The summed E-state index contributed by atoms with van der Waals surface area (Å²) in [6.45, 7) is -0.00727. The summed E-state index contributed by atoms with van der Waals surface area (Å²) in [4.78, 5) is 0. The van der Waals surface area contributed by atoms with Crippen LogP contribution < -0.4 is 11.5 Å². The van der Waals surface area contributed by atoms with Gasteiger partial charge in [-0.15, -0.1) is 0 Å². The third-order valence-corrected chi connectivity index (χ3v) is 2.44. The summed E-state index contributed by atoms with van der Waals surface area (Å²) in [6, 6.07) is 9.79. The molecule has 0 bridgehead atoms. The van der Waals surface area contributed by atoms with Crippen LogP contribution in [-0.4, -0.2) is 18.8 Å². The van der Waals surface area contributed by atoms with Gasteiger partial charge in [-0.3, -0.25) is 0 Å². The molecule has 0 atom stereocenters. The second kappa shape index (κ2) is 5.08. The van der Waals surface area contributed by atoms with Crippen molar-refractivity contribution in [2.45, 2.75) is 18.5 Å². The summed E-state index contributed by atoms with van der Waals surface area (Å²) in [5.41, 5.74) is 10.4. The summed E-state index contributed by atoms with van der Waals surface area (Å²) in [6.07, 6.45) is 1.08. The predicted molar refractivity (Wildman–Crippen MR) is 56.7 cm³/mol. The minimum atomic E-state index is -1.41. The number of alkyl halides is 1. The van der Waals surface area contributed by atoms with E-state index in [1.807, 2.05) is 30.3 Å². The molecule has 0 heterocycles. The topological polar surface area (TPSA) is 52.0 Å². The lowest BCUT2D eigenvalue weighted by Gasteiger charge is -2.21. The third-order valence-electron chi connectivity index (χ3n) is 2.44. The number of nitrogens with two attached hydrogens (primary N) is 2. The van der Waals surface area contributed by atoms with Crippen molar-refractivity contribution in [3.05, 3.63) is 35.9 Å². The number of benzene rings is 1. The van der Waals surface area contributed by atoms with Crippen LogP contribution in [0.4, 0.5) is 4.39 Å². The molecule has 1 rings (SSSR count). The normalized spacial score (nSPS) is 11.6. The molecular formula is C11H17FN2. The quantitative estimate of drug-likeness (QED) is 0.744. The maximum atomic E-state index is 13.7. The average Bonchev–Trinajstić information content (AvgIpc) is 2.27. The van der Waals surface area contributed by atoms with Crippen molar-refractivity contribution in [2.75, 3.05) is 13.1 Å². The summed E-state index contributed by atoms with van der Waals surface area (Å²) in [7, 11) is 0. The standard InChI is InChI=1S/C11H17FN2/c12-11(8-13,9-14)7-6-10-4-2-1-3-5-10/h1-5H,6-9,13-14H2. The molecule has 0 aliphatic heterocycles.